The van der Waals surface area contributed by atoms with Crippen molar-refractivity contribution in [3.8, 4) is 0 Å². The molecule has 1 aliphatic rings. The van der Waals surface area contributed by atoms with Gasteiger partial charge in [0.1, 0.15) is 0 Å². The number of carbonyl (C=O) groups is 3. The van der Waals surface area contributed by atoms with Gasteiger partial charge in [-0.1, -0.05) is 31.2 Å². The maximum absolute atomic E-state index is 12.4. The van der Waals surface area contributed by atoms with Crippen LogP contribution in [-0.2, 0) is 16.0 Å². The molecule has 2 aromatic carbocycles. The SMILES string of the molecule is CCc1ccc(C(=O)C(C)OC(=O)c2ccc3c(c2)NC(=O)CS3)cc1. The minimum absolute atomic E-state index is 0.105. The van der Waals surface area contributed by atoms with Crippen LogP contribution >= 0.6 is 11.8 Å². The monoisotopic (exact) mass is 369 g/mol. The molecule has 0 aromatic heterocycles. The van der Waals surface area contributed by atoms with Gasteiger partial charge in [-0.2, -0.15) is 0 Å². The van der Waals surface area contributed by atoms with Gasteiger partial charge in [0.25, 0.3) is 0 Å². The van der Waals surface area contributed by atoms with E-state index in [-0.39, 0.29) is 11.7 Å². The lowest BCUT2D eigenvalue weighted by molar-refractivity contribution is -0.113. The summed E-state index contributed by atoms with van der Waals surface area (Å²) in [5.74, 6) is -0.586. The van der Waals surface area contributed by atoms with Crippen LogP contribution in [0.5, 0.6) is 0 Å². The van der Waals surface area contributed by atoms with Crippen molar-refractivity contribution in [1.29, 1.82) is 0 Å². The van der Waals surface area contributed by atoms with Crippen LogP contribution in [0.2, 0.25) is 0 Å². The number of rotatable bonds is 5. The number of esters is 1. The number of ketones is 1. The van der Waals surface area contributed by atoms with Gasteiger partial charge in [0, 0.05) is 10.5 Å². The molecule has 0 saturated carbocycles. The van der Waals surface area contributed by atoms with Crippen LogP contribution in [0.3, 0.4) is 0 Å². The van der Waals surface area contributed by atoms with Gasteiger partial charge in [-0.25, -0.2) is 4.79 Å². The number of Topliss-reactive ketones (excluding diaryl/α,β-unsaturated/α-hetero) is 1. The van der Waals surface area contributed by atoms with Gasteiger partial charge in [0.05, 0.1) is 17.0 Å². The number of fused-ring (bicyclic) bond motifs is 1. The van der Waals surface area contributed by atoms with Crippen LogP contribution < -0.4 is 5.32 Å². The molecular weight excluding hydrogens is 350 g/mol. The Morgan fingerprint density at radius 1 is 1.15 bits per heavy atom. The Bertz CT molecular complexity index is 861. The van der Waals surface area contributed by atoms with Crippen molar-refractivity contribution in [2.75, 3.05) is 11.1 Å². The largest absolute Gasteiger partial charge is 0.451 e. The fourth-order valence-electron chi connectivity index (χ4n) is 2.63. The van der Waals surface area contributed by atoms with E-state index in [4.69, 9.17) is 4.74 Å². The van der Waals surface area contributed by atoms with Crippen LogP contribution in [0.25, 0.3) is 0 Å². The summed E-state index contributed by atoms with van der Waals surface area (Å²) >= 11 is 1.42. The highest BCUT2D eigenvalue weighted by atomic mass is 32.2. The first-order valence-corrected chi connectivity index (χ1v) is 9.37. The number of thioether (sulfide) groups is 1. The third-order valence-electron chi connectivity index (χ3n) is 4.15. The first-order chi connectivity index (χ1) is 12.5. The zero-order chi connectivity index (χ0) is 18.7. The average Bonchev–Trinajstić information content (AvgIpc) is 2.66. The normalized spacial score (nSPS) is 14.2. The van der Waals surface area contributed by atoms with Crippen molar-refractivity contribution < 1.29 is 19.1 Å². The highest BCUT2D eigenvalue weighted by Crippen LogP contribution is 2.32. The number of hydrogen-bond donors (Lipinski definition) is 1. The molecule has 3 rings (SSSR count). The molecule has 0 aliphatic carbocycles. The van der Waals surface area contributed by atoms with Gasteiger partial charge >= 0.3 is 5.97 Å². The Balaban J connectivity index is 1.69. The van der Waals surface area contributed by atoms with Gasteiger partial charge in [-0.3, -0.25) is 9.59 Å². The zero-order valence-corrected chi connectivity index (χ0v) is 15.4. The van der Waals surface area contributed by atoms with E-state index in [0.29, 0.717) is 22.6 Å². The lowest BCUT2D eigenvalue weighted by atomic mass is 10.0. The van der Waals surface area contributed by atoms with E-state index in [1.807, 2.05) is 19.1 Å². The highest BCUT2D eigenvalue weighted by molar-refractivity contribution is 8.00. The second-order valence-electron chi connectivity index (χ2n) is 6.01. The van der Waals surface area contributed by atoms with Gasteiger partial charge in [-0.15, -0.1) is 11.8 Å². The van der Waals surface area contributed by atoms with Crippen LogP contribution in [0.1, 0.15) is 40.1 Å². The van der Waals surface area contributed by atoms with Crippen molar-refractivity contribution in [1.82, 2.24) is 0 Å². The van der Waals surface area contributed by atoms with E-state index >= 15 is 0 Å². The van der Waals surface area contributed by atoms with Crippen LogP contribution in [0.15, 0.2) is 47.4 Å². The van der Waals surface area contributed by atoms with Crippen LogP contribution in [-0.4, -0.2) is 29.5 Å². The summed E-state index contributed by atoms with van der Waals surface area (Å²) in [5, 5.41) is 2.73. The molecule has 2 aromatic rings. The first kappa shape index (κ1) is 18.2. The Morgan fingerprint density at radius 3 is 2.54 bits per heavy atom. The van der Waals surface area contributed by atoms with Crippen molar-refractivity contribution in [3.63, 3.8) is 0 Å². The molecule has 1 atom stereocenters. The number of ether oxygens (including phenoxy) is 1. The van der Waals surface area contributed by atoms with Gasteiger partial charge in [-0.05, 0) is 37.1 Å². The summed E-state index contributed by atoms with van der Waals surface area (Å²) in [7, 11) is 0. The number of hydrogen-bond acceptors (Lipinski definition) is 5. The van der Waals surface area contributed by atoms with E-state index < -0.39 is 12.1 Å². The maximum atomic E-state index is 12.4. The summed E-state index contributed by atoms with van der Waals surface area (Å²) in [4.78, 5) is 37.2. The number of carbonyl (C=O) groups excluding carboxylic acids is 3. The fraction of sp³-hybridized carbons (Fsp3) is 0.250. The molecular formula is C20H19NO4S. The molecule has 5 nitrogen and oxygen atoms in total. The van der Waals surface area contributed by atoms with Gasteiger partial charge in [0.15, 0.2) is 6.10 Å². The van der Waals surface area contributed by atoms with Crippen molar-refractivity contribution in [2.24, 2.45) is 0 Å². The third-order valence-corrected chi connectivity index (χ3v) is 5.22. The lowest BCUT2D eigenvalue weighted by Crippen LogP contribution is -2.25. The number of nitrogens with one attached hydrogen (secondary N) is 1. The van der Waals surface area contributed by atoms with E-state index in [1.165, 1.54) is 11.8 Å². The quantitative estimate of drug-likeness (QED) is 0.642. The second kappa shape index (κ2) is 7.74. The number of amides is 1. The molecule has 1 aliphatic heterocycles. The average molecular weight is 369 g/mol. The number of aryl methyl sites for hydroxylation is 1. The summed E-state index contributed by atoms with van der Waals surface area (Å²) < 4.78 is 5.32. The van der Waals surface area contributed by atoms with Crippen molar-refractivity contribution >= 4 is 35.1 Å². The predicted molar refractivity (Wildman–Crippen MR) is 101 cm³/mol. The zero-order valence-electron chi connectivity index (χ0n) is 14.6. The van der Waals surface area contributed by atoms with E-state index in [9.17, 15) is 14.4 Å². The third kappa shape index (κ3) is 3.96. The molecule has 134 valence electrons. The van der Waals surface area contributed by atoms with E-state index in [0.717, 1.165) is 16.9 Å². The molecule has 0 spiro atoms. The standard InChI is InChI=1S/C20H19NO4S/c1-3-13-4-6-14(7-5-13)19(23)12(2)25-20(24)15-8-9-17-16(10-15)21-18(22)11-26-17/h4-10,12H,3,11H2,1-2H3,(H,21,22). The molecule has 0 bridgehead atoms. The smallest absolute Gasteiger partial charge is 0.338 e. The molecule has 1 unspecified atom stereocenters. The lowest BCUT2D eigenvalue weighted by Gasteiger charge is -2.17. The van der Waals surface area contributed by atoms with E-state index in [2.05, 4.69) is 5.32 Å². The predicted octanol–water partition coefficient (Wildman–Crippen LogP) is 3.72. The minimum Gasteiger partial charge on any atom is -0.451 e. The van der Waals surface area contributed by atoms with Gasteiger partial charge < -0.3 is 10.1 Å². The number of anilines is 1. The summed E-state index contributed by atoms with van der Waals surface area (Å²) in [6.07, 6.45) is 0.00146. The number of benzene rings is 2. The molecule has 1 amide bonds. The first-order valence-electron chi connectivity index (χ1n) is 8.38. The molecule has 0 radical (unpaired) electrons. The Hall–Kier alpha value is -2.60. The molecule has 1 heterocycles. The minimum atomic E-state index is -0.894. The Morgan fingerprint density at radius 2 is 1.85 bits per heavy atom. The Labute approximate surface area is 156 Å². The van der Waals surface area contributed by atoms with Crippen molar-refractivity contribution in [2.45, 2.75) is 31.3 Å². The molecule has 0 saturated heterocycles. The topological polar surface area (TPSA) is 72.5 Å². The van der Waals surface area contributed by atoms with Crippen molar-refractivity contribution in [3.05, 3.63) is 59.2 Å². The second-order valence-corrected chi connectivity index (χ2v) is 7.03. The molecule has 26 heavy (non-hydrogen) atoms. The van der Waals surface area contributed by atoms with Gasteiger partial charge in [0.2, 0.25) is 11.7 Å². The molecule has 6 heteroatoms. The van der Waals surface area contributed by atoms with Crippen LogP contribution in [0.4, 0.5) is 5.69 Å². The van der Waals surface area contributed by atoms with E-state index in [1.54, 1.807) is 37.3 Å². The molecule has 1 N–H and O–H groups in total. The summed E-state index contributed by atoms with van der Waals surface area (Å²) in [6.45, 7) is 3.60. The summed E-state index contributed by atoms with van der Waals surface area (Å²) in [5.41, 5.74) is 2.54. The fourth-order valence-corrected chi connectivity index (χ4v) is 3.42. The Kier molecular flexibility index (Phi) is 5.42. The highest BCUT2D eigenvalue weighted by Gasteiger charge is 2.22. The molecule has 0 fully saturated rings. The van der Waals surface area contributed by atoms with Crippen LogP contribution in [0, 0.1) is 0 Å². The maximum Gasteiger partial charge on any atom is 0.338 e. The summed E-state index contributed by atoms with van der Waals surface area (Å²) in [6, 6.07) is 12.3.